The van der Waals surface area contributed by atoms with Gasteiger partial charge in [0.1, 0.15) is 5.82 Å². The molecular weight excluding hydrogens is 298 g/mol. The van der Waals surface area contributed by atoms with Crippen molar-refractivity contribution in [2.45, 2.75) is 25.4 Å². The predicted octanol–water partition coefficient (Wildman–Crippen LogP) is 2.65. The minimum atomic E-state index is 0.538. The molecule has 24 heavy (non-hydrogen) atoms. The molecule has 4 rings (SSSR count). The highest BCUT2D eigenvalue weighted by atomic mass is 15.3. The van der Waals surface area contributed by atoms with E-state index >= 15 is 0 Å². The summed E-state index contributed by atoms with van der Waals surface area (Å²) in [6.45, 7) is 3.93. The van der Waals surface area contributed by atoms with Crippen LogP contribution in [-0.2, 0) is 20.1 Å². The molecule has 0 saturated carbocycles. The summed E-state index contributed by atoms with van der Waals surface area (Å²) >= 11 is 0. The fourth-order valence-electron chi connectivity index (χ4n) is 3.53. The third-order valence-corrected chi connectivity index (χ3v) is 4.76. The number of likely N-dealkylation sites (tertiary alicyclic amines) is 1. The predicted molar refractivity (Wildman–Crippen MR) is 93.6 cm³/mol. The van der Waals surface area contributed by atoms with Crippen molar-refractivity contribution in [2.24, 2.45) is 7.05 Å². The summed E-state index contributed by atoms with van der Waals surface area (Å²) in [6.07, 6.45) is 7.18. The standard InChI is InChI=1S/C19H23N5/c1-22-12-9-20-19(22)17-7-10-23(14-17)15-18-8-11-24(21-18)13-16-5-3-2-4-6-16/h2-6,8-9,11-12,17H,7,10,13-15H2,1H3. The maximum absolute atomic E-state index is 4.73. The van der Waals surface area contributed by atoms with Crippen LogP contribution in [0.3, 0.4) is 0 Å². The van der Waals surface area contributed by atoms with Crippen LogP contribution >= 0.6 is 0 Å². The molecule has 1 aromatic carbocycles. The number of imidazole rings is 1. The van der Waals surface area contributed by atoms with Crippen LogP contribution in [0.25, 0.3) is 0 Å². The zero-order valence-corrected chi connectivity index (χ0v) is 14.0. The summed E-state index contributed by atoms with van der Waals surface area (Å²) in [5.41, 5.74) is 2.43. The molecule has 0 spiro atoms. The van der Waals surface area contributed by atoms with Crippen LogP contribution in [-0.4, -0.2) is 37.3 Å². The van der Waals surface area contributed by atoms with E-state index in [1.54, 1.807) is 0 Å². The van der Waals surface area contributed by atoms with Gasteiger partial charge in [-0.05, 0) is 24.6 Å². The van der Waals surface area contributed by atoms with Crippen LogP contribution in [0.1, 0.15) is 29.4 Å². The molecule has 1 aliphatic rings. The number of aromatic nitrogens is 4. The van der Waals surface area contributed by atoms with Gasteiger partial charge >= 0.3 is 0 Å². The zero-order chi connectivity index (χ0) is 16.4. The van der Waals surface area contributed by atoms with Gasteiger partial charge < -0.3 is 4.57 Å². The lowest BCUT2D eigenvalue weighted by Gasteiger charge is -2.14. The second-order valence-corrected chi connectivity index (χ2v) is 6.61. The Morgan fingerprint density at radius 2 is 1.96 bits per heavy atom. The van der Waals surface area contributed by atoms with E-state index in [2.05, 4.69) is 58.0 Å². The molecule has 2 aromatic heterocycles. The highest BCUT2D eigenvalue weighted by Gasteiger charge is 2.26. The number of hydrogen-bond donors (Lipinski definition) is 0. The molecular formula is C19H23N5. The number of benzene rings is 1. The van der Waals surface area contributed by atoms with Gasteiger partial charge in [0.15, 0.2) is 0 Å². The molecule has 124 valence electrons. The molecule has 0 bridgehead atoms. The van der Waals surface area contributed by atoms with Gasteiger partial charge in [0.2, 0.25) is 0 Å². The Morgan fingerprint density at radius 3 is 2.75 bits per heavy atom. The first-order valence-electron chi connectivity index (χ1n) is 8.54. The lowest BCUT2D eigenvalue weighted by Crippen LogP contribution is -2.21. The Balaban J connectivity index is 1.36. The Kier molecular flexibility index (Phi) is 4.17. The van der Waals surface area contributed by atoms with Crippen molar-refractivity contribution >= 4 is 0 Å². The third kappa shape index (κ3) is 3.26. The number of nitrogens with zero attached hydrogens (tertiary/aromatic N) is 5. The second kappa shape index (κ2) is 6.61. The molecule has 0 radical (unpaired) electrons. The molecule has 1 saturated heterocycles. The molecule has 1 atom stereocenters. The molecule has 0 N–H and O–H groups in total. The SMILES string of the molecule is Cn1ccnc1C1CCN(Cc2ccn(Cc3ccccc3)n2)C1. The molecule has 5 nitrogen and oxygen atoms in total. The summed E-state index contributed by atoms with van der Waals surface area (Å²) < 4.78 is 4.17. The van der Waals surface area contributed by atoms with E-state index in [-0.39, 0.29) is 0 Å². The lowest BCUT2D eigenvalue weighted by molar-refractivity contribution is 0.319. The minimum Gasteiger partial charge on any atom is -0.338 e. The van der Waals surface area contributed by atoms with Crippen LogP contribution in [0.2, 0.25) is 0 Å². The Labute approximate surface area is 142 Å². The Bertz CT molecular complexity index is 789. The van der Waals surface area contributed by atoms with Gasteiger partial charge in [-0.2, -0.15) is 5.10 Å². The fourth-order valence-corrected chi connectivity index (χ4v) is 3.53. The number of rotatable bonds is 5. The van der Waals surface area contributed by atoms with E-state index in [4.69, 9.17) is 5.10 Å². The molecule has 1 aliphatic heterocycles. The van der Waals surface area contributed by atoms with E-state index < -0.39 is 0 Å². The molecule has 1 unspecified atom stereocenters. The summed E-state index contributed by atoms with van der Waals surface area (Å²) in [7, 11) is 2.08. The van der Waals surface area contributed by atoms with Gasteiger partial charge in [-0.25, -0.2) is 4.98 Å². The quantitative estimate of drug-likeness (QED) is 0.725. The topological polar surface area (TPSA) is 38.9 Å². The van der Waals surface area contributed by atoms with Crippen molar-refractivity contribution in [2.75, 3.05) is 13.1 Å². The van der Waals surface area contributed by atoms with E-state index in [9.17, 15) is 0 Å². The third-order valence-electron chi connectivity index (χ3n) is 4.76. The summed E-state index contributed by atoms with van der Waals surface area (Å²) in [4.78, 5) is 6.99. The maximum atomic E-state index is 4.73. The summed E-state index contributed by atoms with van der Waals surface area (Å²) in [5.74, 6) is 1.74. The van der Waals surface area contributed by atoms with Crippen LogP contribution in [0.5, 0.6) is 0 Å². The molecule has 3 aromatic rings. The highest BCUT2D eigenvalue weighted by Crippen LogP contribution is 2.26. The normalized spacial score (nSPS) is 18.3. The van der Waals surface area contributed by atoms with Crippen molar-refractivity contribution in [3.8, 4) is 0 Å². The van der Waals surface area contributed by atoms with Crippen LogP contribution in [0, 0.1) is 0 Å². The molecule has 1 fully saturated rings. The maximum Gasteiger partial charge on any atom is 0.112 e. The van der Waals surface area contributed by atoms with Gasteiger partial charge in [-0.3, -0.25) is 9.58 Å². The zero-order valence-electron chi connectivity index (χ0n) is 14.0. The van der Waals surface area contributed by atoms with Crippen molar-refractivity contribution < 1.29 is 0 Å². The summed E-state index contributed by atoms with van der Waals surface area (Å²) in [6, 6.07) is 12.6. The van der Waals surface area contributed by atoms with Gasteiger partial charge in [0.25, 0.3) is 0 Å². The van der Waals surface area contributed by atoms with E-state index in [1.165, 1.54) is 17.8 Å². The minimum absolute atomic E-state index is 0.538. The van der Waals surface area contributed by atoms with E-state index in [0.717, 1.165) is 31.9 Å². The molecule has 3 heterocycles. The second-order valence-electron chi connectivity index (χ2n) is 6.61. The number of aryl methyl sites for hydroxylation is 1. The summed E-state index contributed by atoms with van der Waals surface area (Å²) in [5, 5.41) is 4.73. The smallest absolute Gasteiger partial charge is 0.112 e. The van der Waals surface area contributed by atoms with Crippen LogP contribution in [0.15, 0.2) is 55.0 Å². The Morgan fingerprint density at radius 1 is 1.08 bits per heavy atom. The highest BCUT2D eigenvalue weighted by molar-refractivity contribution is 5.15. The van der Waals surface area contributed by atoms with Gasteiger partial charge in [0, 0.05) is 44.6 Å². The lowest BCUT2D eigenvalue weighted by atomic mass is 10.1. The first-order valence-corrected chi connectivity index (χ1v) is 8.54. The van der Waals surface area contributed by atoms with Crippen LogP contribution in [0.4, 0.5) is 0 Å². The van der Waals surface area contributed by atoms with Crippen molar-refractivity contribution in [3.63, 3.8) is 0 Å². The largest absolute Gasteiger partial charge is 0.338 e. The van der Waals surface area contributed by atoms with Gasteiger partial charge in [-0.15, -0.1) is 0 Å². The average molecular weight is 321 g/mol. The number of hydrogen-bond acceptors (Lipinski definition) is 3. The van der Waals surface area contributed by atoms with Gasteiger partial charge in [-0.1, -0.05) is 30.3 Å². The molecule has 5 heteroatoms. The first kappa shape index (κ1) is 15.1. The molecule has 0 aliphatic carbocycles. The van der Waals surface area contributed by atoms with Gasteiger partial charge in [0.05, 0.1) is 12.2 Å². The van der Waals surface area contributed by atoms with E-state index in [0.29, 0.717) is 5.92 Å². The van der Waals surface area contributed by atoms with Crippen LogP contribution < -0.4 is 0 Å². The monoisotopic (exact) mass is 321 g/mol. The first-order chi connectivity index (χ1) is 11.8. The fraction of sp³-hybridized carbons (Fsp3) is 0.368. The van der Waals surface area contributed by atoms with Crippen molar-refractivity contribution in [1.29, 1.82) is 0 Å². The van der Waals surface area contributed by atoms with Crippen molar-refractivity contribution in [3.05, 3.63) is 72.1 Å². The van der Waals surface area contributed by atoms with E-state index in [1.807, 2.05) is 23.1 Å². The molecule has 0 amide bonds. The average Bonchev–Trinajstić information content (AvgIpc) is 3.31. The Hall–Kier alpha value is -2.40. The van der Waals surface area contributed by atoms with Crippen molar-refractivity contribution in [1.82, 2.24) is 24.2 Å².